The predicted octanol–water partition coefficient (Wildman–Crippen LogP) is 1.28. The van der Waals surface area contributed by atoms with Gasteiger partial charge in [0.05, 0.1) is 22.7 Å². The predicted molar refractivity (Wildman–Crippen MR) is 91.9 cm³/mol. The summed E-state index contributed by atoms with van der Waals surface area (Å²) < 4.78 is 12.1. The van der Waals surface area contributed by atoms with Crippen LogP contribution in [-0.4, -0.2) is 59.8 Å². The second kappa shape index (κ2) is 7.38. The molecule has 0 aromatic carbocycles. The first-order valence-electron chi connectivity index (χ1n) is 8.48. The highest BCUT2D eigenvalue weighted by Crippen LogP contribution is 2.33. The topological polar surface area (TPSA) is 107 Å². The third-order valence-electron chi connectivity index (χ3n) is 4.99. The van der Waals surface area contributed by atoms with Crippen LogP contribution in [-0.2, 0) is 27.2 Å². The zero-order valence-electron chi connectivity index (χ0n) is 14.5. The van der Waals surface area contributed by atoms with E-state index < -0.39 is 23.2 Å². The Morgan fingerprint density at radius 3 is 2.65 bits per heavy atom. The van der Waals surface area contributed by atoms with E-state index >= 15 is 0 Å². The van der Waals surface area contributed by atoms with Gasteiger partial charge in [-0.05, 0) is 25.7 Å². The summed E-state index contributed by atoms with van der Waals surface area (Å²) in [4.78, 5) is 36.9. The maximum atomic E-state index is 12.8. The molecule has 2 aliphatic heterocycles. The molecule has 9 heteroatoms. The minimum Gasteiger partial charge on any atom is -0.478 e. The Labute approximate surface area is 155 Å². The largest absolute Gasteiger partial charge is 0.478 e. The summed E-state index contributed by atoms with van der Waals surface area (Å²) in [6.07, 6.45) is 2.28. The lowest BCUT2D eigenvalue weighted by Gasteiger charge is -2.37. The van der Waals surface area contributed by atoms with E-state index in [2.05, 4.69) is 5.32 Å². The highest BCUT2D eigenvalue weighted by Gasteiger charge is 2.39. The molecular formula is C17H21ClN2O6. The number of carboxylic acid groups (broad SMARTS) is 1. The number of ketones is 1. The van der Waals surface area contributed by atoms with Gasteiger partial charge in [0.2, 0.25) is 0 Å². The van der Waals surface area contributed by atoms with E-state index in [0.29, 0.717) is 51.1 Å². The quantitative estimate of drug-likeness (QED) is 0.565. The molecular weight excluding hydrogens is 364 g/mol. The van der Waals surface area contributed by atoms with Gasteiger partial charge in [-0.3, -0.25) is 9.59 Å². The molecule has 0 radical (unpaired) electrons. The van der Waals surface area contributed by atoms with Crippen molar-refractivity contribution >= 4 is 29.3 Å². The van der Waals surface area contributed by atoms with Crippen LogP contribution >= 0.6 is 11.6 Å². The van der Waals surface area contributed by atoms with Gasteiger partial charge in [-0.25, -0.2) is 4.79 Å². The van der Waals surface area contributed by atoms with Crippen LogP contribution in [0, 0.1) is 0 Å². The number of Topliss-reactive ketones (excluding diaryl/α,β-unsaturated/α-hetero) is 1. The van der Waals surface area contributed by atoms with Crippen LogP contribution in [0.15, 0.2) is 0 Å². The van der Waals surface area contributed by atoms with Crippen LogP contribution in [0.5, 0.6) is 0 Å². The number of carboxylic acids is 1. The molecule has 2 N–H and O–H groups in total. The average Bonchev–Trinajstić information content (AvgIpc) is 3.14. The van der Waals surface area contributed by atoms with Crippen LogP contribution in [0.2, 0.25) is 5.02 Å². The number of rotatable bonds is 6. The third kappa shape index (κ3) is 3.24. The van der Waals surface area contributed by atoms with Gasteiger partial charge >= 0.3 is 5.97 Å². The molecule has 1 aromatic rings. The Balaban J connectivity index is 1.89. The number of amides is 1. The number of nitrogens with one attached hydrogen (secondary N) is 1. The standard InChI is InChI=1S/C17H21ClN2O6/c1-25-9-17(4-7-26-8-5-17)19-15(22)14(21)13-12(18)11(16(23)24)10-3-2-6-20(10)13/h2-9H2,1H3,(H,19,22)(H,23,24). The van der Waals surface area contributed by atoms with Crippen molar-refractivity contribution in [3.63, 3.8) is 0 Å². The minimum atomic E-state index is -1.19. The van der Waals surface area contributed by atoms with Crippen molar-refractivity contribution in [3.8, 4) is 0 Å². The third-order valence-corrected chi connectivity index (χ3v) is 5.36. The van der Waals surface area contributed by atoms with Gasteiger partial charge in [0.25, 0.3) is 11.7 Å². The van der Waals surface area contributed by atoms with Crippen molar-refractivity contribution in [1.29, 1.82) is 0 Å². The number of halogens is 1. The molecule has 3 heterocycles. The Morgan fingerprint density at radius 1 is 1.35 bits per heavy atom. The van der Waals surface area contributed by atoms with Crippen molar-refractivity contribution in [2.45, 2.75) is 37.8 Å². The molecule has 1 amide bonds. The Kier molecular flexibility index (Phi) is 5.36. The molecule has 26 heavy (non-hydrogen) atoms. The second-order valence-electron chi connectivity index (χ2n) is 6.65. The summed E-state index contributed by atoms with van der Waals surface area (Å²) in [7, 11) is 1.53. The van der Waals surface area contributed by atoms with Crippen molar-refractivity contribution < 1.29 is 29.0 Å². The first-order valence-corrected chi connectivity index (χ1v) is 8.85. The SMILES string of the molecule is COCC1(NC(=O)C(=O)c2c(Cl)c(C(=O)O)c3n2CCC3)CCOCC1. The second-order valence-corrected chi connectivity index (χ2v) is 7.03. The average molecular weight is 385 g/mol. The molecule has 3 rings (SSSR count). The summed E-state index contributed by atoms with van der Waals surface area (Å²) in [5.74, 6) is -2.83. The van der Waals surface area contributed by atoms with Gasteiger partial charge < -0.3 is 24.5 Å². The van der Waals surface area contributed by atoms with E-state index in [4.69, 9.17) is 21.1 Å². The van der Waals surface area contributed by atoms with Crippen LogP contribution in [0.4, 0.5) is 0 Å². The summed E-state index contributed by atoms with van der Waals surface area (Å²) >= 11 is 6.17. The summed E-state index contributed by atoms with van der Waals surface area (Å²) in [6.45, 7) is 1.65. The monoisotopic (exact) mass is 384 g/mol. The highest BCUT2D eigenvalue weighted by molar-refractivity contribution is 6.47. The first kappa shape index (κ1) is 18.9. The molecule has 2 aliphatic rings. The Morgan fingerprint density at radius 2 is 2.04 bits per heavy atom. The fourth-order valence-corrected chi connectivity index (χ4v) is 4.11. The maximum absolute atomic E-state index is 12.8. The van der Waals surface area contributed by atoms with Crippen LogP contribution in [0.25, 0.3) is 0 Å². The molecule has 8 nitrogen and oxygen atoms in total. The van der Waals surface area contributed by atoms with E-state index in [1.165, 1.54) is 7.11 Å². The van der Waals surface area contributed by atoms with E-state index in [9.17, 15) is 19.5 Å². The molecule has 1 saturated heterocycles. The fourth-order valence-electron chi connectivity index (χ4n) is 3.73. The molecule has 0 unspecified atom stereocenters. The molecule has 1 fully saturated rings. The molecule has 0 bridgehead atoms. The number of methoxy groups -OCH3 is 1. The molecule has 0 atom stereocenters. The molecule has 1 aromatic heterocycles. The number of carbonyl (C=O) groups is 3. The van der Waals surface area contributed by atoms with Crippen molar-refractivity contribution in [1.82, 2.24) is 9.88 Å². The maximum Gasteiger partial charge on any atom is 0.339 e. The number of aromatic carboxylic acids is 1. The highest BCUT2D eigenvalue weighted by atomic mass is 35.5. The number of nitrogens with zero attached hydrogens (tertiary/aromatic N) is 1. The molecule has 0 saturated carbocycles. The number of fused-ring (bicyclic) bond motifs is 1. The zero-order chi connectivity index (χ0) is 18.9. The van der Waals surface area contributed by atoms with Gasteiger partial charge in [0.15, 0.2) is 0 Å². The van der Waals surface area contributed by atoms with E-state index in [-0.39, 0.29) is 22.9 Å². The van der Waals surface area contributed by atoms with Crippen molar-refractivity contribution in [3.05, 3.63) is 22.0 Å². The van der Waals surface area contributed by atoms with Crippen molar-refractivity contribution in [2.24, 2.45) is 0 Å². The number of hydrogen-bond acceptors (Lipinski definition) is 5. The van der Waals surface area contributed by atoms with Gasteiger partial charge in [-0.15, -0.1) is 0 Å². The van der Waals surface area contributed by atoms with E-state index in [1.54, 1.807) is 4.57 Å². The molecule has 0 aliphatic carbocycles. The lowest BCUT2D eigenvalue weighted by Crippen LogP contribution is -2.56. The lowest BCUT2D eigenvalue weighted by atomic mass is 9.90. The lowest BCUT2D eigenvalue weighted by molar-refractivity contribution is -0.121. The van der Waals surface area contributed by atoms with Gasteiger partial charge in [0, 0.05) is 32.6 Å². The normalized spacial score (nSPS) is 18.4. The molecule has 0 spiro atoms. The van der Waals surface area contributed by atoms with E-state index in [1.807, 2.05) is 0 Å². The number of aromatic nitrogens is 1. The van der Waals surface area contributed by atoms with E-state index in [0.717, 1.165) is 0 Å². The fraction of sp³-hybridized carbons (Fsp3) is 0.588. The minimum absolute atomic E-state index is 0.0475. The number of hydrogen-bond donors (Lipinski definition) is 2. The summed E-state index contributed by atoms with van der Waals surface area (Å²) in [5.41, 5.74) is -0.314. The van der Waals surface area contributed by atoms with Crippen LogP contribution < -0.4 is 5.32 Å². The van der Waals surface area contributed by atoms with Gasteiger partial charge in [-0.1, -0.05) is 11.6 Å². The summed E-state index contributed by atoms with van der Waals surface area (Å²) in [5, 5.41) is 12.0. The van der Waals surface area contributed by atoms with Crippen LogP contribution in [0.1, 0.15) is 45.8 Å². The van der Waals surface area contributed by atoms with Gasteiger partial charge in [0.1, 0.15) is 5.69 Å². The summed E-state index contributed by atoms with van der Waals surface area (Å²) in [6, 6.07) is 0. The van der Waals surface area contributed by atoms with Gasteiger partial charge in [-0.2, -0.15) is 0 Å². The zero-order valence-corrected chi connectivity index (χ0v) is 15.2. The Hall–Kier alpha value is -1.90. The number of ether oxygens (including phenoxy) is 2. The number of carbonyl (C=O) groups excluding carboxylic acids is 2. The smallest absolute Gasteiger partial charge is 0.339 e. The first-order chi connectivity index (χ1) is 12.4. The van der Waals surface area contributed by atoms with Crippen LogP contribution in [0.3, 0.4) is 0 Å². The molecule has 142 valence electrons. The van der Waals surface area contributed by atoms with Crippen molar-refractivity contribution in [2.75, 3.05) is 26.9 Å². The Bertz CT molecular complexity index is 745.